The minimum absolute atomic E-state index is 0.0104. The fourth-order valence-electron chi connectivity index (χ4n) is 5.60. The van der Waals surface area contributed by atoms with Gasteiger partial charge in [-0.3, -0.25) is 9.59 Å². The van der Waals surface area contributed by atoms with Gasteiger partial charge in [-0.1, -0.05) is 74.5 Å². The normalized spacial score (nSPS) is 24.5. The first kappa shape index (κ1) is 25.4. The molecule has 0 bridgehead atoms. The van der Waals surface area contributed by atoms with Crippen LogP contribution in [0.2, 0.25) is 0 Å². The van der Waals surface area contributed by atoms with Crippen molar-refractivity contribution in [2.75, 3.05) is 26.2 Å². The molecular formula is C29H40N4O2. The molecule has 0 spiro atoms. The molecule has 2 saturated heterocycles. The highest BCUT2D eigenvalue weighted by Gasteiger charge is 2.41. The molecule has 1 unspecified atom stereocenters. The molecule has 2 aliphatic heterocycles. The lowest BCUT2D eigenvalue weighted by Crippen LogP contribution is -2.56. The van der Waals surface area contributed by atoms with Crippen LogP contribution in [0.4, 0.5) is 0 Å². The van der Waals surface area contributed by atoms with Gasteiger partial charge in [-0.2, -0.15) is 0 Å². The zero-order chi connectivity index (χ0) is 24.9. The highest BCUT2D eigenvalue weighted by atomic mass is 16.2. The molecule has 0 aromatic heterocycles. The first-order chi connectivity index (χ1) is 16.8. The molecule has 6 heteroatoms. The van der Waals surface area contributed by atoms with Crippen molar-refractivity contribution in [2.45, 2.75) is 63.6 Å². The van der Waals surface area contributed by atoms with Crippen LogP contribution in [0.1, 0.15) is 56.6 Å². The van der Waals surface area contributed by atoms with Crippen LogP contribution in [0.15, 0.2) is 60.7 Å². The van der Waals surface area contributed by atoms with E-state index in [2.05, 4.69) is 64.8 Å². The lowest BCUT2D eigenvalue weighted by molar-refractivity contribution is -0.138. The Morgan fingerprint density at radius 2 is 1.54 bits per heavy atom. The molecule has 5 atom stereocenters. The number of nitrogens with two attached hydrogens (primary N) is 1. The Morgan fingerprint density at radius 1 is 0.943 bits per heavy atom. The number of amides is 2. The number of hydrogen-bond acceptors (Lipinski definition) is 4. The van der Waals surface area contributed by atoms with Crippen molar-refractivity contribution >= 4 is 11.8 Å². The van der Waals surface area contributed by atoms with Gasteiger partial charge >= 0.3 is 0 Å². The number of nitrogens with one attached hydrogen (secondary N) is 1. The van der Waals surface area contributed by atoms with E-state index in [1.807, 2.05) is 24.8 Å². The minimum Gasteiger partial charge on any atom is -0.343 e. The van der Waals surface area contributed by atoms with Gasteiger partial charge in [0.1, 0.15) is 6.04 Å². The first-order valence-corrected chi connectivity index (χ1v) is 13.0. The largest absolute Gasteiger partial charge is 0.343 e. The zero-order valence-electron chi connectivity index (χ0n) is 21.3. The molecule has 2 fully saturated rings. The second-order valence-corrected chi connectivity index (χ2v) is 10.7. The third kappa shape index (κ3) is 6.11. The fourth-order valence-corrected chi connectivity index (χ4v) is 5.60. The van der Waals surface area contributed by atoms with Crippen molar-refractivity contribution < 1.29 is 9.59 Å². The molecule has 2 heterocycles. The summed E-state index contributed by atoms with van der Waals surface area (Å²) in [7, 11) is 0. The number of benzene rings is 2. The molecule has 2 aliphatic rings. The van der Waals surface area contributed by atoms with Crippen LogP contribution < -0.4 is 11.1 Å². The third-order valence-corrected chi connectivity index (χ3v) is 7.62. The Kier molecular flexibility index (Phi) is 8.24. The Bertz CT molecular complexity index is 979. The Hall–Kier alpha value is -2.70. The highest BCUT2D eigenvalue weighted by Crippen LogP contribution is 2.35. The van der Waals surface area contributed by atoms with Crippen LogP contribution >= 0.6 is 0 Å². The Morgan fingerprint density at radius 3 is 2.11 bits per heavy atom. The van der Waals surface area contributed by atoms with Crippen LogP contribution in [0, 0.1) is 5.92 Å². The number of carbonyl (C=O) groups is 2. The summed E-state index contributed by atoms with van der Waals surface area (Å²) in [6.45, 7) is 9.23. The van der Waals surface area contributed by atoms with E-state index in [1.54, 1.807) is 6.92 Å². The lowest BCUT2D eigenvalue weighted by Gasteiger charge is -2.33. The number of carbonyl (C=O) groups excluding carboxylic acids is 2. The molecule has 0 radical (unpaired) electrons. The molecule has 3 N–H and O–H groups in total. The SMILES string of the molecule is CC(N)C(=O)N[C@H](C(=O)N1C[C@@H](c2ccccc2)C[C@H]1CN1CC[C@@H](c2ccccc2)C1)C(C)C. The van der Waals surface area contributed by atoms with Crippen LogP contribution in [0.5, 0.6) is 0 Å². The van der Waals surface area contributed by atoms with E-state index < -0.39 is 12.1 Å². The second kappa shape index (κ2) is 11.4. The maximum absolute atomic E-state index is 13.8. The molecule has 2 aromatic rings. The van der Waals surface area contributed by atoms with E-state index in [-0.39, 0.29) is 23.8 Å². The number of likely N-dealkylation sites (tertiary alicyclic amines) is 2. The monoisotopic (exact) mass is 476 g/mol. The topological polar surface area (TPSA) is 78.7 Å². The standard InChI is InChI=1S/C29H40N4O2/c1-20(2)27(31-28(34)21(3)30)29(35)33-18-25(23-12-8-5-9-13-23)16-26(33)19-32-15-14-24(17-32)22-10-6-4-7-11-22/h4-13,20-21,24-27H,14-19,30H2,1-3H3,(H,31,34)/t21?,24-,25+,26+,27+/m1/s1. The van der Waals surface area contributed by atoms with Crippen LogP contribution in [0.3, 0.4) is 0 Å². The maximum Gasteiger partial charge on any atom is 0.245 e. The average molecular weight is 477 g/mol. The van der Waals surface area contributed by atoms with Crippen LogP contribution in [-0.4, -0.2) is 65.9 Å². The quantitative estimate of drug-likeness (QED) is 0.613. The van der Waals surface area contributed by atoms with Gasteiger partial charge in [0.05, 0.1) is 6.04 Å². The second-order valence-electron chi connectivity index (χ2n) is 10.7. The van der Waals surface area contributed by atoms with Crippen LogP contribution in [0.25, 0.3) is 0 Å². The van der Waals surface area contributed by atoms with E-state index in [0.29, 0.717) is 18.4 Å². The van der Waals surface area contributed by atoms with Crippen molar-refractivity contribution in [3.8, 4) is 0 Å². The smallest absolute Gasteiger partial charge is 0.245 e. The van der Waals surface area contributed by atoms with Gasteiger partial charge < -0.3 is 20.9 Å². The van der Waals surface area contributed by atoms with E-state index in [1.165, 1.54) is 11.1 Å². The summed E-state index contributed by atoms with van der Waals surface area (Å²) in [6, 6.07) is 20.1. The molecule has 0 saturated carbocycles. The van der Waals surface area contributed by atoms with Crippen molar-refractivity contribution in [3.63, 3.8) is 0 Å². The summed E-state index contributed by atoms with van der Waals surface area (Å²) in [6.07, 6.45) is 2.08. The maximum atomic E-state index is 13.8. The van der Waals surface area contributed by atoms with Gasteiger partial charge in [-0.25, -0.2) is 0 Å². The van der Waals surface area contributed by atoms with E-state index in [4.69, 9.17) is 5.73 Å². The molecular weight excluding hydrogens is 436 g/mol. The minimum atomic E-state index is -0.644. The van der Waals surface area contributed by atoms with Crippen molar-refractivity contribution in [1.29, 1.82) is 0 Å². The highest BCUT2D eigenvalue weighted by molar-refractivity contribution is 5.90. The predicted molar refractivity (Wildman–Crippen MR) is 140 cm³/mol. The van der Waals surface area contributed by atoms with Crippen LogP contribution in [-0.2, 0) is 9.59 Å². The molecule has 0 aliphatic carbocycles. The van der Waals surface area contributed by atoms with Gasteiger partial charge in [0.25, 0.3) is 0 Å². The molecule has 6 nitrogen and oxygen atoms in total. The summed E-state index contributed by atoms with van der Waals surface area (Å²) in [5.74, 6) is 0.555. The number of nitrogens with zero attached hydrogens (tertiary/aromatic N) is 2. The van der Waals surface area contributed by atoms with E-state index >= 15 is 0 Å². The molecule has 2 amide bonds. The van der Waals surface area contributed by atoms with Crippen molar-refractivity contribution in [1.82, 2.24) is 15.1 Å². The molecule has 2 aromatic carbocycles. The Labute approximate surface area is 209 Å². The van der Waals surface area contributed by atoms with Gasteiger partial charge in [0.2, 0.25) is 11.8 Å². The van der Waals surface area contributed by atoms with E-state index in [9.17, 15) is 9.59 Å². The fraction of sp³-hybridized carbons (Fsp3) is 0.517. The predicted octanol–water partition coefficient (Wildman–Crippen LogP) is 3.35. The number of hydrogen-bond donors (Lipinski definition) is 2. The van der Waals surface area contributed by atoms with Gasteiger partial charge in [-0.15, -0.1) is 0 Å². The molecule has 4 rings (SSSR count). The summed E-state index contributed by atoms with van der Waals surface area (Å²) in [5, 5.41) is 2.92. The third-order valence-electron chi connectivity index (χ3n) is 7.62. The molecule has 35 heavy (non-hydrogen) atoms. The summed E-state index contributed by atoms with van der Waals surface area (Å²) < 4.78 is 0. The summed E-state index contributed by atoms with van der Waals surface area (Å²) in [5.41, 5.74) is 8.46. The average Bonchev–Trinajstić information content (AvgIpc) is 3.50. The van der Waals surface area contributed by atoms with Gasteiger partial charge in [-0.05, 0) is 49.3 Å². The van der Waals surface area contributed by atoms with Gasteiger partial charge in [0.15, 0.2) is 0 Å². The van der Waals surface area contributed by atoms with E-state index in [0.717, 1.165) is 32.5 Å². The summed E-state index contributed by atoms with van der Waals surface area (Å²) >= 11 is 0. The zero-order valence-corrected chi connectivity index (χ0v) is 21.3. The Balaban J connectivity index is 1.51. The number of rotatable bonds is 8. The van der Waals surface area contributed by atoms with Crippen molar-refractivity contribution in [3.05, 3.63) is 71.8 Å². The van der Waals surface area contributed by atoms with Crippen molar-refractivity contribution in [2.24, 2.45) is 11.7 Å². The first-order valence-electron chi connectivity index (χ1n) is 13.0. The molecule has 188 valence electrons. The van der Waals surface area contributed by atoms with Gasteiger partial charge in [0, 0.05) is 31.6 Å². The summed E-state index contributed by atoms with van der Waals surface area (Å²) in [4.78, 5) is 30.8. The lowest BCUT2D eigenvalue weighted by atomic mass is 9.96.